The lowest BCUT2D eigenvalue weighted by Crippen LogP contribution is -2.24. The number of carbonyl (C=O) groups is 1. The van der Waals surface area contributed by atoms with Gasteiger partial charge in [0, 0.05) is 12.4 Å². The number of benzene rings is 1. The minimum atomic E-state index is -0.148. The van der Waals surface area contributed by atoms with Gasteiger partial charge >= 0.3 is 0 Å². The predicted octanol–water partition coefficient (Wildman–Crippen LogP) is 3.01. The predicted molar refractivity (Wildman–Crippen MR) is 63.9 cm³/mol. The van der Waals surface area contributed by atoms with Crippen LogP contribution in [0.2, 0.25) is 5.02 Å². The average Bonchev–Trinajstić information content (AvgIpc) is 2.17. The highest BCUT2D eigenvalue weighted by Gasteiger charge is 2.08. The van der Waals surface area contributed by atoms with Crippen molar-refractivity contribution in [2.75, 3.05) is 12.4 Å². The van der Waals surface area contributed by atoms with Crippen molar-refractivity contribution in [3.8, 4) is 0 Å². The van der Waals surface area contributed by atoms with E-state index in [4.69, 9.17) is 23.2 Å². The third kappa shape index (κ3) is 3.73. The highest BCUT2D eigenvalue weighted by atomic mass is 35.5. The molecule has 82 valence electrons. The molecule has 0 aliphatic rings. The van der Waals surface area contributed by atoms with Crippen LogP contribution < -0.4 is 5.32 Å². The van der Waals surface area contributed by atoms with Crippen LogP contribution in [0.5, 0.6) is 0 Å². The fraction of sp³-hybridized carbons (Fsp3) is 0.364. The summed E-state index contributed by atoms with van der Waals surface area (Å²) in [6.07, 6.45) is 0.761. The highest BCUT2D eigenvalue weighted by Crippen LogP contribution is 2.17. The second-order valence-electron chi connectivity index (χ2n) is 3.28. The molecular formula is C11H13Cl2NO. The number of hydrogen-bond donors (Lipinski definition) is 1. The number of halogens is 2. The molecule has 0 atom stereocenters. The van der Waals surface area contributed by atoms with Gasteiger partial charge in [0.1, 0.15) is 0 Å². The van der Waals surface area contributed by atoms with E-state index in [0.717, 1.165) is 12.0 Å². The molecule has 0 radical (unpaired) electrons. The molecule has 0 unspecified atom stereocenters. The Bertz CT molecular complexity index is 352. The Hall–Kier alpha value is -0.730. The second-order valence-corrected chi connectivity index (χ2v) is 4.07. The summed E-state index contributed by atoms with van der Waals surface area (Å²) in [7, 11) is 0. The smallest absolute Gasteiger partial charge is 0.252 e. The molecule has 4 heteroatoms. The maximum Gasteiger partial charge on any atom is 0.252 e. The maximum absolute atomic E-state index is 11.6. The van der Waals surface area contributed by atoms with Gasteiger partial charge in [-0.3, -0.25) is 4.79 Å². The molecule has 1 N–H and O–H groups in total. The molecule has 1 amide bonds. The summed E-state index contributed by atoms with van der Waals surface area (Å²) in [6.45, 7) is 2.51. The van der Waals surface area contributed by atoms with E-state index in [1.807, 2.05) is 13.0 Å². The lowest BCUT2D eigenvalue weighted by atomic mass is 10.1. The summed E-state index contributed by atoms with van der Waals surface area (Å²) in [5.41, 5.74) is 1.55. The Morgan fingerprint density at radius 2 is 2.20 bits per heavy atom. The first-order chi connectivity index (χ1) is 7.15. The van der Waals surface area contributed by atoms with Crippen LogP contribution in [-0.2, 0) is 0 Å². The molecule has 0 saturated carbocycles. The van der Waals surface area contributed by atoms with Crippen molar-refractivity contribution in [2.45, 2.75) is 13.3 Å². The third-order valence-electron chi connectivity index (χ3n) is 1.97. The zero-order valence-corrected chi connectivity index (χ0v) is 10.0. The Balaban J connectivity index is 2.65. The molecule has 1 aromatic carbocycles. The molecule has 0 aliphatic carbocycles. The fourth-order valence-corrected chi connectivity index (χ4v) is 1.62. The van der Waals surface area contributed by atoms with Gasteiger partial charge in [0.2, 0.25) is 0 Å². The van der Waals surface area contributed by atoms with Crippen LogP contribution in [-0.4, -0.2) is 18.3 Å². The molecule has 0 saturated heterocycles. The number of carbonyl (C=O) groups excluding carboxylic acids is 1. The fourth-order valence-electron chi connectivity index (χ4n) is 1.17. The number of rotatable bonds is 4. The summed E-state index contributed by atoms with van der Waals surface area (Å²) < 4.78 is 0. The van der Waals surface area contributed by atoms with E-state index in [1.54, 1.807) is 12.1 Å². The second kappa shape index (κ2) is 5.99. The number of alkyl halides is 1. The third-order valence-corrected chi connectivity index (χ3v) is 2.55. The van der Waals surface area contributed by atoms with Crippen molar-refractivity contribution in [1.82, 2.24) is 5.32 Å². The molecule has 0 bridgehead atoms. The summed E-state index contributed by atoms with van der Waals surface area (Å²) in [6, 6.07) is 5.37. The zero-order chi connectivity index (χ0) is 11.3. The topological polar surface area (TPSA) is 29.1 Å². The number of amides is 1. The molecule has 1 aromatic rings. The average molecular weight is 246 g/mol. The van der Waals surface area contributed by atoms with Crippen molar-refractivity contribution >= 4 is 29.1 Å². The summed E-state index contributed by atoms with van der Waals surface area (Å²) >= 11 is 11.5. The van der Waals surface area contributed by atoms with Gasteiger partial charge in [-0.2, -0.15) is 0 Å². The summed E-state index contributed by atoms with van der Waals surface area (Å²) in [4.78, 5) is 11.6. The SMILES string of the molecule is Cc1ccc(C(=O)NCCCCl)c(Cl)c1. The lowest BCUT2D eigenvalue weighted by molar-refractivity contribution is 0.0954. The van der Waals surface area contributed by atoms with Crippen LogP contribution >= 0.6 is 23.2 Å². The van der Waals surface area contributed by atoms with Gasteiger partial charge in [0.25, 0.3) is 5.91 Å². The molecule has 1 rings (SSSR count). The van der Waals surface area contributed by atoms with E-state index in [2.05, 4.69) is 5.32 Å². The zero-order valence-electron chi connectivity index (χ0n) is 8.52. The molecule has 15 heavy (non-hydrogen) atoms. The largest absolute Gasteiger partial charge is 0.352 e. The summed E-state index contributed by atoms with van der Waals surface area (Å²) in [5, 5.41) is 3.24. The Kier molecular flexibility index (Phi) is 4.92. The van der Waals surface area contributed by atoms with E-state index in [-0.39, 0.29) is 5.91 Å². The molecule has 2 nitrogen and oxygen atoms in total. The van der Waals surface area contributed by atoms with E-state index >= 15 is 0 Å². The van der Waals surface area contributed by atoms with Gasteiger partial charge in [-0.15, -0.1) is 11.6 Å². The molecule has 0 aliphatic heterocycles. The molecule has 0 aromatic heterocycles. The minimum Gasteiger partial charge on any atom is -0.352 e. The van der Waals surface area contributed by atoms with E-state index in [9.17, 15) is 4.79 Å². The standard InChI is InChI=1S/C11H13Cl2NO/c1-8-3-4-9(10(13)7-8)11(15)14-6-2-5-12/h3-4,7H,2,5-6H2,1H3,(H,14,15). The lowest BCUT2D eigenvalue weighted by Gasteiger charge is -2.06. The normalized spacial score (nSPS) is 10.1. The van der Waals surface area contributed by atoms with Gasteiger partial charge < -0.3 is 5.32 Å². The molecular weight excluding hydrogens is 233 g/mol. The van der Waals surface area contributed by atoms with E-state index < -0.39 is 0 Å². The van der Waals surface area contributed by atoms with Gasteiger partial charge in [0.15, 0.2) is 0 Å². The van der Waals surface area contributed by atoms with Gasteiger partial charge in [0.05, 0.1) is 10.6 Å². The van der Waals surface area contributed by atoms with Crippen LogP contribution in [0.15, 0.2) is 18.2 Å². The first-order valence-electron chi connectivity index (χ1n) is 4.75. The van der Waals surface area contributed by atoms with Crippen LogP contribution in [0, 0.1) is 6.92 Å². The molecule has 0 heterocycles. The first kappa shape index (κ1) is 12.3. The minimum absolute atomic E-state index is 0.148. The van der Waals surface area contributed by atoms with Gasteiger partial charge in [-0.05, 0) is 31.0 Å². The first-order valence-corrected chi connectivity index (χ1v) is 5.66. The Morgan fingerprint density at radius 3 is 2.80 bits per heavy atom. The number of aryl methyl sites for hydroxylation is 1. The van der Waals surface area contributed by atoms with Gasteiger partial charge in [-0.1, -0.05) is 17.7 Å². The van der Waals surface area contributed by atoms with Gasteiger partial charge in [-0.25, -0.2) is 0 Å². The molecule has 0 spiro atoms. The van der Waals surface area contributed by atoms with Crippen molar-refractivity contribution in [3.05, 3.63) is 34.3 Å². The quantitative estimate of drug-likeness (QED) is 0.642. The Morgan fingerprint density at radius 1 is 1.47 bits per heavy atom. The Labute approximate surface area is 99.6 Å². The van der Waals surface area contributed by atoms with Crippen molar-refractivity contribution in [2.24, 2.45) is 0 Å². The number of hydrogen-bond acceptors (Lipinski definition) is 1. The van der Waals surface area contributed by atoms with Crippen LogP contribution in [0.1, 0.15) is 22.3 Å². The highest BCUT2D eigenvalue weighted by molar-refractivity contribution is 6.33. The molecule has 0 fully saturated rings. The number of nitrogens with one attached hydrogen (secondary N) is 1. The summed E-state index contributed by atoms with van der Waals surface area (Å²) in [5.74, 6) is 0.396. The van der Waals surface area contributed by atoms with Crippen molar-refractivity contribution < 1.29 is 4.79 Å². The van der Waals surface area contributed by atoms with E-state index in [1.165, 1.54) is 0 Å². The monoisotopic (exact) mass is 245 g/mol. The van der Waals surface area contributed by atoms with Crippen LogP contribution in [0.4, 0.5) is 0 Å². The van der Waals surface area contributed by atoms with Crippen molar-refractivity contribution in [3.63, 3.8) is 0 Å². The maximum atomic E-state index is 11.6. The van der Waals surface area contributed by atoms with Crippen LogP contribution in [0.3, 0.4) is 0 Å². The van der Waals surface area contributed by atoms with Crippen LogP contribution in [0.25, 0.3) is 0 Å². The van der Waals surface area contributed by atoms with E-state index in [0.29, 0.717) is 23.0 Å². The van der Waals surface area contributed by atoms with Crippen molar-refractivity contribution in [1.29, 1.82) is 0 Å².